The zero-order valence-electron chi connectivity index (χ0n) is 29.5. The van der Waals surface area contributed by atoms with E-state index in [1.165, 1.54) is 6.07 Å². The normalized spacial score (nSPS) is 20.3. The summed E-state index contributed by atoms with van der Waals surface area (Å²) in [6, 6.07) is 4.29. The van der Waals surface area contributed by atoms with Crippen molar-refractivity contribution < 1.29 is 28.2 Å². The molecule has 0 aliphatic carbocycles. The Bertz CT molecular complexity index is 2110. The molecule has 2 aromatic carbocycles. The second-order valence-electron chi connectivity index (χ2n) is 15.1. The van der Waals surface area contributed by atoms with Crippen LogP contribution in [0.2, 0.25) is 5.02 Å². The predicted molar refractivity (Wildman–Crippen MR) is 198 cm³/mol. The Kier molecular flexibility index (Phi) is 9.16. The Morgan fingerprint density at radius 1 is 1.06 bits per heavy atom. The molecule has 0 saturated carbocycles. The second kappa shape index (κ2) is 13.1. The van der Waals surface area contributed by atoms with Gasteiger partial charge in [-0.15, -0.1) is 11.8 Å². The third-order valence-corrected chi connectivity index (χ3v) is 11.5. The highest BCUT2D eigenvalue weighted by atomic mass is 35.5. The zero-order valence-corrected chi connectivity index (χ0v) is 31.9. The van der Waals surface area contributed by atoms with Gasteiger partial charge in [0.05, 0.1) is 45.5 Å². The summed E-state index contributed by atoms with van der Waals surface area (Å²) in [6.07, 6.45) is 0.599. The number of thioether (sulfide) groups is 1. The van der Waals surface area contributed by atoms with Crippen LogP contribution in [-0.2, 0) is 14.2 Å². The van der Waals surface area contributed by atoms with Crippen molar-refractivity contribution >= 4 is 79.0 Å². The first-order valence-corrected chi connectivity index (χ1v) is 19.0. The summed E-state index contributed by atoms with van der Waals surface area (Å²) in [5.41, 5.74) is 0.370. The third-order valence-electron chi connectivity index (χ3n) is 9.00. The van der Waals surface area contributed by atoms with Gasteiger partial charge >= 0.3 is 17.9 Å². The van der Waals surface area contributed by atoms with Crippen LogP contribution in [0.5, 0.6) is 0 Å². The lowest BCUT2D eigenvalue weighted by Gasteiger charge is -2.42. The van der Waals surface area contributed by atoms with Crippen molar-refractivity contribution in [2.75, 3.05) is 42.8 Å². The van der Waals surface area contributed by atoms with Gasteiger partial charge in [-0.1, -0.05) is 22.9 Å². The molecule has 16 heteroatoms. The maximum absolute atomic E-state index is 15.3. The van der Waals surface area contributed by atoms with Crippen molar-refractivity contribution in [3.63, 3.8) is 0 Å². The number of piperazine rings is 1. The number of ether oxygens (including phenoxy) is 3. The van der Waals surface area contributed by atoms with Crippen molar-refractivity contribution in [2.45, 2.75) is 88.6 Å². The third kappa shape index (κ3) is 6.73. The molecule has 2 fully saturated rings. The zero-order chi connectivity index (χ0) is 36.6. The van der Waals surface area contributed by atoms with E-state index in [1.807, 2.05) is 31.7 Å². The average molecular weight is 759 g/mol. The Hall–Kier alpha value is -3.66. The minimum Gasteiger partial charge on any atom is -0.444 e. The van der Waals surface area contributed by atoms with E-state index >= 15 is 4.39 Å². The molecule has 7 rings (SSSR count). The maximum Gasteiger partial charge on any atom is 0.413 e. The molecule has 2 unspecified atom stereocenters. The fraction of sp³-hybridized carbons (Fsp3) is 0.514. The number of carbonyl (C=O) groups is 2. The van der Waals surface area contributed by atoms with E-state index in [9.17, 15) is 14.4 Å². The molecule has 3 aliphatic rings. The number of benzene rings is 2. The molecular formula is C35H40ClFN6O6S2. The molecule has 2 aromatic heterocycles. The first kappa shape index (κ1) is 35.7. The molecular weight excluding hydrogens is 719 g/mol. The molecule has 0 radical (unpaired) electrons. The molecule has 5 heterocycles. The maximum atomic E-state index is 15.3. The topological polar surface area (TPSA) is 128 Å². The molecule has 3 aliphatic heterocycles. The van der Waals surface area contributed by atoms with Crippen LogP contribution in [0.1, 0.15) is 60.4 Å². The highest BCUT2D eigenvalue weighted by molar-refractivity contribution is 7.99. The number of hydrogen-bond acceptors (Lipinski definition) is 11. The number of methoxy groups -OCH3 is 1. The molecule has 0 spiro atoms. The van der Waals surface area contributed by atoms with E-state index in [0.717, 1.165) is 29.1 Å². The Labute approximate surface area is 307 Å². The molecule has 2 amide bonds. The summed E-state index contributed by atoms with van der Waals surface area (Å²) in [5, 5.41) is 3.87. The van der Waals surface area contributed by atoms with Gasteiger partial charge in [0, 0.05) is 47.4 Å². The number of nitrogens with one attached hydrogen (secondary N) is 1. The Balaban J connectivity index is 1.35. The number of fused-ring (bicyclic) bond motifs is 3. The highest BCUT2D eigenvalue weighted by Gasteiger charge is 2.45. The SMILES string of the molecule is COC[C@H]1CSc2c(-c3ccc(F)c4sc(NC(=O)OC(C)(C)C)nc34)c(Cl)cc3c(N4CC5CCC(C4)N5C(=O)OC(C)(C)C)nc(=O)n1c23. The number of carbonyl (C=O) groups excluding carboxylic acids is 2. The van der Waals surface area contributed by atoms with E-state index in [0.29, 0.717) is 63.8 Å². The van der Waals surface area contributed by atoms with Crippen LogP contribution < -0.4 is 15.9 Å². The van der Waals surface area contributed by atoms with Gasteiger partial charge in [0.1, 0.15) is 22.8 Å². The standard InChI is InChI=1S/C35H40ClFN6O6S2/c1-34(2,3)48-32(45)40-30-38-25-20(10-11-23(37)27(25)51-30)24-22(36)12-21-26-28(24)50-16-19(15-47-7)43(26)31(44)39-29(21)41-13-17-8-9-18(14-41)42(17)33(46)49-35(4,5)6/h10-12,17-19H,8-9,13-16H2,1-7H3,(H,38,40,45)/t17?,18?,19-/m0/s1. The molecule has 2 bridgehead atoms. The first-order chi connectivity index (χ1) is 24.0. The lowest BCUT2D eigenvalue weighted by molar-refractivity contribution is 0.0122. The first-order valence-electron chi connectivity index (χ1n) is 16.8. The summed E-state index contributed by atoms with van der Waals surface area (Å²) >= 11 is 9.73. The van der Waals surface area contributed by atoms with Gasteiger partial charge in [0.2, 0.25) is 0 Å². The van der Waals surface area contributed by atoms with E-state index in [1.54, 1.807) is 50.3 Å². The van der Waals surface area contributed by atoms with Crippen LogP contribution in [0.4, 0.5) is 24.9 Å². The fourth-order valence-corrected chi connectivity index (χ4v) is 9.73. The molecule has 51 heavy (non-hydrogen) atoms. The summed E-state index contributed by atoms with van der Waals surface area (Å²) in [5.74, 6) is 0.517. The van der Waals surface area contributed by atoms with Gasteiger partial charge in [-0.25, -0.2) is 23.8 Å². The fourth-order valence-electron chi connectivity index (χ4n) is 7.18. The number of aromatic nitrogens is 3. The van der Waals surface area contributed by atoms with Crippen molar-refractivity contribution in [1.29, 1.82) is 0 Å². The van der Waals surface area contributed by atoms with Gasteiger partial charge in [-0.05, 0) is 72.6 Å². The lowest BCUT2D eigenvalue weighted by atomic mass is 10.0. The highest BCUT2D eigenvalue weighted by Crippen LogP contribution is 2.50. The minimum atomic E-state index is -0.731. The molecule has 12 nitrogen and oxygen atoms in total. The van der Waals surface area contributed by atoms with Crippen LogP contribution >= 0.6 is 34.7 Å². The van der Waals surface area contributed by atoms with Gasteiger partial charge in [-0.3, -0.25) is 14.8 Å². The predicted octanol–water partition coefficient (Wildman–Crippen LogP) is 7.69. The minimum absolute atomic E-state index is 0.101. The Morgan fingerprint density at radius 3 is 2.39 bits per heavy atom. The van der Waals surface area contributed by atoms with Crippen molar-refractivity contribution in [3.8, 4) is 11.1 Å². The summed E-state index contributed by atoms with van der Waals surface area (Å²) in [4.78, 5) is 53.7. The summed E-state index contributed by atoms with van der Waals surface area (Å²) < 4.78 is 33.8. The molecule has 3 atom stereocenters. The van der Waals surface area contributed by atoms with Crippen LogP contribution in [0.25, 0.3) is 32.2 Å². The van der Waals surface area contributed by atoms with Crippen molar-refractivity contribution in [1.82, 2.24) is 19.4 Å². The number of nitrogens with zero attached hydrogens (tertiary/aromatic N) is 5. The van der Waals surface area contributed by atoms with Crippen molar-refractivity contribution in [2.24, 2.45) is 0 Å². The Morgan fingerprint density at radius 2 is 1.75 bits per heavy atom. The van der Waals surface area contributed by atoms with Crippen LogP contribution in [-0.4, -0.2) is 87.5 Å². The van der Waals surface area contributed by atoms with Gasteiger partial charge in [-0.2, -0.15) is 4.98 Å². The second-order valence-corrected chi connectivity index (χ2v) is 17.5. The molecule has 272 valence electrons. The van der Waals surface area contributed by atoms with E-state index < -0.39 is 28.8 Å². The van der Waals surface area contributed by atoms with Crippen LogP contribution in [0.15, 0.2) is 27.9 Å². The smallest absolute Gasteiger partial charge is 0.413 e. The summed E-state index contributed by atoms with van der Waals surface area (Å²) in [7, 11) is 1.60. The van der Waals surface area contributed by atoms with E-state index in [-0.39, 0.29) is 34.1 Å². The number of halogens is 2. The van der Waals surface area contributed by atoms with Crippen LogP contribution in [0, 0.1) is 5.82 Å². The quantitative estimate of drug-likeness (QED) is 0.216. The van der Waals surface area contributed by atoms with E-state index in [2.05, 4.69) is 20.2 Å². The number of amides is 2. The molecule has 1 N–H and O–H groups in total. The molecule has 4 aromatic rings. The van der Waals surface area contributed by atoms with E-state index in [4.69, 9.17) is 25.8 Å². The average Bonchev–Trinajstić information content (AvgIpc) is 3.56. The number of thiazole rings is 1. The van der Waals surface area contributed by atoms with Crippen LogP contribution in [0.3, 0.4) is 0 Å². The van der Waals surface area contributed by atoms with Crippen molar-refractivity contribution in [3.05, 3.63) is 39.5 Å². The lowest BCUT2D eigenvalue weighted by Crippen LogP contribution is -2.57. The summed E-state index contributed by atoms with van der Waals surface area (Å²) in [6.45, 7) is 12.1. The number of hydrogen-bond donors (Lipinski definition) is 1. The monoisotopic (exact) mass is 758 g/mol. The number of anilines is 2. The number of rotatable bonds is 5. The van der Waals surface area contributed by atoms with Gasteiger partial charge in [0.25, 0.3) is 0 Å². The molecule has 2 saturated heterocycles. The van der Waals surface area contributed by atoms with Gasteiger partial charge < -0.3 is 19.1 Å². The van der Waals surface area contributed by atoms with Gasteiger partial charge in [0.15, 0.2) is 5.13 Å². The largest absolute Gasteiger partial charge is 0.444 e.